The first kappa shape index (κ1) is 15.2. The molecule has 0 aromatic carbocycles. The van der Waals surface area contributed by atoms with Crippen LogP contribution in [0.15, 0.2) is 12.4 Å². The van der Waals surface area contributed by atoms with E-state index in [1.54, 1.807) is 6.20 Å². The molecule has 7 nitrogen and oxygen atoms in total. The highest BCUT2D eigenvalue weighted by Gasteiger charge is 2.13. The molecule has 0 unspecified atom stereocenters. The maximum Gasteiger partial charge on any atom is 0.321 e. The topological polar surface area (TPSA) is 77.8 Å². The van der Waals surface area contributed by atoms with Crippen LogP contribution in [0, 0.1) is 0 Å². The predicted molar refractivity (Wildman–Crippen MR) is 81.3 cm³/mol. The minimum atomic E-state index is 0.339. The molecular formula is C14H22N6O. The summed E-state index contributed by atoms with van der Waals surface area (Å²) in [5.41, 5.74) is 0. The Morgan fingerprint density at radius 3 is 2.71 bits per heavy atom. The maximum absolute atomic E-state index is 5.55. The van der Waals surface area contributed by atoms with Crippen molar-refractivity contribution in [3.63, 3.8) is 0 Å². The van der Waals surface area contributed by atoms with Gasteiger partial charge < -0.3 is 14.6 Å². The van der Waals surface area contributed by atoms with Crippen LogP contribution in [-0.2, 0) is 6.54 Å². The molecule has 0 saturated carbocycles. The quantitative estimate of drug-likeness (QED) is 0.804. The van der Waals surface area contributed by atoms with E-state index in [2.05, 4.69) is 39.1 Å². The highest BCUT2D eigenvalue weighted by Crippen LogP contribution is 2.17. The van der Waals surface area contributed by atoms with Crippen molar-refractivity contribution < 1.29 is 4.74 Å². The van der Waals surface area contributed by atoms with Gasteiger partial charge in [-0.15, -0.1) is 0 Å². The second kappa shape index (κ2) is 7.56. The van der Waals surface area contributed by atoms with Crippen molar-refractivity contribution in [3.8, 4) is 17.7 Å². The van der Waals surface area contributed by atoms with Crippen molar-refractivity contribution in [1.29, 1.82) is 0 Å². The van der Waals surface area contributed by atoms with Gasteiger partial charge in [-0.2, -0.15) is 15.0 Å². The van der Waals surface area contributed by atoms with Gasteiger partial charge in [-0.25, -0.2) is 4.98 Å². The predicted octanol–water partition coefficient (Wildman–Crippen LogP) is 2.37. The first-order valence-electron chi connectivity index (χ1n) is 7.42. The van der Waals surface area contributed by atoms with E-state index in [4.69, 9.17) is 4.74 Å². The molecule has 2 rings (SSSR count). The van der Waals surface area contributed by atoms with E-state index in [1.807, 2.05) is 17.7 Å². The Kier molecular flexibility index (Phi) is 5.48. The summed E-state index contributed by atoms with van der Waals surface area (Å²) in [6.07, 6.45) is 5.55. The van der Waals surface area contributed by atoms with Crippen LogP contribution in [-0.4, -0.2) is 37.7 Å². The molecular weight excluding hydrogens is 268 g/mol. The standard InChI is InChI=1S/C14H22N6O/c1-4-7-16-13-17-11(12-15-8-9-20(12)6-3)18-14(19-13)21-10-5-2/h8-9H,4-7,10H2,1-3H3,(H,16,17,18,19). The largest absolute Gasteiger partial charge is 0.463 e. The molecule has 2 aromatic heterocycles. The molecule has 114 valence electrons. The number of aryl methyl sites for hydroxylation is 1. The van der Waals surface area contributed by atoms with Gasteiger partial charge in [-0.3, -0.25) is 0 Å². The van der Waals surface area contributed by atoms with Crippen LogP contribution in [0.2, 0.25) is 0 Å². The van der Waals surface area contributed by atoms with Gasteiger partial charge in [0.05, 0.1) is 6.61 Å². The molecule has 0 atom stereocenters. The monoisotopic (exact) mass is 290 g/mol. The number of rotatable bonds is 8. The zero-order valence-electron chi connectivity index (χ0n) is 12.8. The fourth-order valence-corrected chi connectivity index (χ4v) is 1.80. The molecule has 0 aliphatic rings. The summed E-state index contributed by atoms with van der Waals surface area (Å²) >= 11 is 0. The van der Waals surface area contributed by atoms with Gasteiger partial charge in [-0.1, -0.05) is 13.8 Å². The number of nitrogens with one attached hydrogen (secondary N) is 1. The smallest absolute Gasteiger partial charge is 0.321 e. The molecule has 0 bridgehead atoms. The highest BCUT2D eigenvalue weighted by atomic mass is 16.5. The Bertz CT molecular complexity index is 542. The third kappa shape index (κ3) is 3.90. The van der Waals surface area contributed by atoms with Gasteiger partial charge in [0.15, 0.2) is 5.82 Å². The molecule has 0 saturated heterocycles. The second-order valence-corrected chi connectivity index (χ2v) is 4.58. The second-order valence-electron chi connectivity index (χ2n) is 4.58. The number of anilines is 1. The average molecular weight is 290 g/mol. The summed E-state index contributed by atoms with van der Waals surface area (Å²) in [6.45, 7) is 8.38. The van der Waals surface area contributed by atoms with Crippen molar-refractivity contribution in [3.05, 3.63) is 12.4 Å². The van der Waals surface area contributed by atoms with Crippen LogP contribution >= 0.6 is 0 Å². The minimum Gasteiger partial charge on any atom is -0.463 e. The zero-order valence-corrected chi connectivity index (χ0v) is 12.8. The van der Waals surface area contributed by atoms with E-state index in [9.17, 15) is 0 Å². The van der Waals surface area contributed by atoms with Crippen molar-refractivity contribution in [2.24, 2.45) is 0 Å². The van der Waals surface area contributed by atoms with E-state index >= 15 is 0 Å². The van der Waals surface area contributed by atoms with E-state index in [0.717, 1.165) is 31.8 Å². The molecule has 0 aliphatic carbocycles. The van der Waals surface area contributed by atoms with Gasteiger partial charge in [-0.05, 0) is 19.8 Å². The molecule has 7 heteroatoms. The highest BCUT2D eigenvalue weighted by molar-refractivity contribution is 5.47. The third-order valence-electron chi connectivity index (χ3n) is 2.84. The maximum atomic E-state index is 5.55. The lowest BCUT2D eigenvalue weighted by atomic mass is 10.5. The fraction of sp³-hybridized carbons (Fsp3) is 0.571. The zero-order chi connectivity index (χ0) is 15.1. The van der Waals surface area contributed by atoms with Gasteiger partial charge in [0, 0.05) is 25.5 Å². The number of hydrogen-bond acceptors (Lipinski definition) is 6. The SMILES string of the molecule is CCCNc1nc(OCCC)nc(-c2nccn2CC)n1. The van der Waals surface area contributed by atoms with Gasteiger partial charge in [0.2, 0.25) is 11.8 Å². The molecule has 0 aliphatic heterocycles. The summed E-state index contributed by atoms with van der Waals surface area (Å²) in [6, 6.07) is 0.339. The molecule has 1 N–H and O–H groups in total. The Morgan fingerprint density at radius 2 is 2.00 bits per heavy atom. The first-order valence-corrected chi connectivity index (χ1v) is 7.42. The Labute approximate surface area is 124 Å². The van der Waals surface area contributed by atoms with Crippen LogP contribution in [0.4, 0.5) is 5.95 Å². The lowest BCUT2D eigenvalue weighted by Gasteiger charge is -2.09. The van der Waals surface area contributed by atoms with Gasteiger partial charge in [0.25, 0.3) is 0 Å². The Hall–Kier alpha value is -2.18. The lowest BCUT2D eigenvalue weighted by Crippen LogP contribution is -2.10. The third-order valence-corrected chi connectivity index (χ3v) is 2.84. The van der Waals surface area contributed by atoms with Crippen LogP contribution < -0.4 is 10.1 Å². The average Bonchev–Trinajstić information content (AvgIpc) is 2.99. The van der Waals surface area contributed by atoms with Crippen LogP contribution in [0.1, 0.15) is 33.6 Å². The number of hydrogen-bond donors (Lipinski definition) is 1. The normalized spacial score (nSPS) is 10.6. The molecule has 0 fully saturated rings. The summed E-state index contributed by atoms with van der Waals surface area (Å²) < 4.78 is 7.54. The minimum absolute atomic E-state index is 0.339. The summed E-state index contributed by atoms with van der Waals surface area (Å²) in [5, 5.41) is 3.17. The Balaban J connectivity index is 2.34. The van der Waals surface area contributed by atoms with Crippen molar-refractivity contribution in [1.82, 2.24) is 24.5 Å². The van der Waals surface area contributed by atoms with E-state index < -0.39 is 0 Å². The van der Waals surface area contributed by atoms with E-state index in [1.165, 1.54) is 0 Å². The summed E-state index contributed by atoms with van der Waals surface area (Å²) in [5.74, 6) is 1.78. The van der Waals surface area contributed by atoms with Crippen LogP contribution in [0.5, 0.6) is 6.01 Å². The molecule has 0 radical (unpaired) electrons. The van der Waals surface area contributed by atoms with E-state index in [-0.39, 0.29) is 0 Å². The molecule has 2 heterocycles. The molecule has 21 heavy (non-hydrogen) atoms. The summed E-state index contributed by atoms with van der Waals surface area (Å²) in [7, 11) is 0. The number of nitrogens with zero attached hydrogens (tertiary/aromatic N) is 5. The van der Waals surface area contributed by atoms with Crippen molar-refractivity contribution in [2.75, 3.05) is 18.5 Å². The van der Waals surface area contributed by atoms with Crippen molar-refractivity contribution in [2.45, 2.75) is 40.2 Å². The summed E-state index contributed by atoms with van der Waals surface area (Å²) in [4.78, 5) is 17.4. The van der Waals surface area contributed by atoms with Crippen LogP contribution in [0.25, 0.3) is 11.6 Å². The fourth-order valence-electron chi connectivity index (χ4n) is 1.80. The molecule has 0 amide bonds. The number of imidazole rings is 1. The molecule has 0 spiro atoms. The Morgan fingerprint density at radius 1 is 1.14 bits per heavy atom. The lowest BCUT2D eigenvalue weighted by molar-refractivity contribution is 0.292. The number of ether oxygens (including phenoxy) is 1. The van der Waals surface area contributed by atoms with E-state index in [0.29, 0.717) is 24.4 Å². The van der Waals surface area contributed by atoms with Gasteiger partial charge >= 0.3 is 6.01 Å². The van der Waals surface area contributed by atoms with Gasteiger partial charge in [0.1, 0.15) is 0 Å². The van der Waals surface area contributed by atoms with Crippen LogP contribution in [0.3, 0.4) is 0 Å². The first-order chi connectivity index (χ1) is 10.3. The molecule has 2 aromatic rings. The van der Waals surface area contributed by atoms with Crippen molar-refractivity contribution >= 4 is 5.95 Å². The number of aromatic nitrogens is 5.